The predicted molar refractivity (Wildman–Crippen MR) is 88.6 cm³/mol. The quantitative estimate of drug-likeness (QED) is 0.284. The Morgan fingerprint density at radius 1 is 1.17 bits per heavy atom. The Bertz CT molecular complexity index is 839. The first-order valence-corrected chi connectivity index (χ1v) is 7.24. The first-order valence-electron chi connectivity index (χ1n) is 6.49. The predicted octanol–water partition coefficient (Wildman–Crippen LogP) is 3.52. The summed E-state index contributed by atoms with van der Waals surface area (Å²) in [4.78, 5) is 34.0. The Hall–Kier alpha value is -2.64. The van der Waals surface area contributed by atoms with Gasteiger partial charge in [0.15, 0.2) is 6.61 Å². The van der Waals surface area contributed by atoms with Crippen LogP contribution in [0.25, 0.3) is 0 Å². The van der Waals surface area contributed by atoms with E-state index in [-0.39, 0.29) is 21.8 Å². The number of Topliss-reactive ketones (excluding diaryl/α,β-unsaturated/α-hetero) is 1. The highest BCUT2D eigenvalue weighted by Gasteiger charge is 2.18. The monoisotopic (exact) mass is 368 g/mol. The maximum absolute atomic E-state index is 12.0. The van der Waals surface area contributed by atoms with Crippen molar-refractivity contribution in [3.8, 4) is 0 Å². The van der Waals surface area contributed by atoms with E-state index in [0.29, 0.717) is 5.02 Å². The second-order valence-corrected chi connectivity index (χ2v) is 5.50. The number of ether oxygens (including phenoxy) is 1. The van der Waals surface area contributed by atoms with Gasteiger partial charge < -0.3 is 10.5 Å². The fraction of sp³-hybridized carbons (Fsp3) is 0.0667. The van der Waals surface area contributed by atoms with E-state index in [1.54, 1.807) is 0 Å². The Kier molecular flexibility index (Phi) is 5.38. The molecule has 0 aliphatic heterocycles. The molecule has 0 radical (unpaired) electrons. The summed E-state index contributed by atoms with van der Waals surface area (Å²) in [5.41, 5.74) is 5.00. The fourth-order valence-electron chi connectivity index (χ4n) is 1.84. The largest absolute Gasteiger partial charge is 0.454 e. The summed E-state index contributed by atoms with van der Waals surface area (Å²) in [6.45, 7) is -0.571. The van der Waals surface area contributed by atoms with Crippen LogP contribution in [0.4, 0.5) is 11.4 Å². The van der Waals surface area contributed by atoms with Crippen LogP contribution in [0, 0.1) is 10.1 Å². The Morgan fingerprint density at radius 3 is 2.50 bits per heavy atom. The van der Waals surface area contributed by atoms with Crippen molar-refractivity contribution in [1.82, 2.24) is 0 Å². The van der Waals surface area contributed by atoms with Crippen LogP contribution >= 0.6 is 23.2 Å². The molecule has 0 atom stereocenters. The lowest BCUT2D eigenvalue weighted by molar-refractivity contribution is -0.383. The molecule has 0 unspecified atom stereocenters. The fourth-order valence-corrected chi connectivity index (χ4v) is 2.35. The number of anilines is 1. The molecule has 2 N–H and O–H groups in total. The highest BCUT2D eigenvalue weighted by molar-refractivity contribution is 6.36. The molecule has 0 aliphatic rings. The molecule has 124 valence electrons. The topological polar surface area (TPSA) is 113 Å². The van der Waals surface area contributed by atoms with Crippen LogP contribution in [0.15, 0.2) is 36.4 Å². The van der Waals surface area contributed by atoms with Crippen LogP contribution in [0.2, 0.25) is 10.0 Å². The second-order valence-electron chi connectivity index (χ2n) is 4.65. The normalized spacial score (nSPS) is 10.2. The minimum atomic E-state index is -0.892. The van der Waals surface area contributed by atoms with Crippen molar-refractivity contribution in [2.45, 2.75) is 0 Å². The maximum Gasteiger partial charge on any atom is 0.338 e. The van der Waals surface area contributed by atoms with Gasteiger partial charge in [-0.15, -0.1) is 0 Å². The number of benzene rings is 2. The number of esters is 1. The van der Waals surface area contributed by atoms with Gasteiger partial charge in [0.1, 0.15) is 5.69 Å². The number of ketones is 1. The third-order valence-corrected chi connectivity index (χ3v) is 3.58. The molecule has 0 saturated heterocycles. The molecular formula is C15H10Cl2N2O5. The van der Waals surface area contributed by atoms with Gasteiger partial charge in [0, 0.05) is 16.7 Å². The van der Waals surface area contributed by atoms with Crippen LogP contribution in [0.5, 0.6) is 0 Å². The number of nitro groups is 1. The summed E-state index contributed by atoms with van der Waals surface area (Å²) in [7, 11) is 0. The zero-order valence-corrected chi connectivity index (χ0v) is 13.5. The first-order chi connectivity index (χ1) is 11.3. The van der Waals surface area contributed by atoms with Crippen molar-refractivity contribution in [3.05, 3.63) is 67.7 Å². The third-order valence-electron chi connectivity index (χ3n) is 3.03. The van der Waals surface area contributed by atoms with E-state index in [1.807, 2.05) is 0 Å². The molecule has 9 heteroatoms. The lowest BCUT2D eigenvalue weighted by atomic mass is 10.1. The van der Waals surface area contributed by atoms with Crippen molar-refractivity contribution >= 4 is 46.3 Å². The van der Waals surface area contributed by atoms with E-state index in [9.17, 15) is 19.7 Å². The molecule has 2 aromatic carbocycles. The van der Waals surface area contributed by atoms with Gasteiger partial charge in [0.2, 0.25) is 5.78 Å². The SMILES string of the molecule is Nc1ccc(C(=O)OCC(=O)c2ccc(Cl)cc2Cl)cc1[N+](=O)[O-]. The van der Waals surface area contributed by atoms with E-state index in [2.05, 4.69) is 0 Å². The molecule has 0 heterocycles. The number of carbonyl (C=O) groups is 2. The molecular weight excluding hydrogens is 359 g/mol. The zero-order chi connectivity index (χ0) is 17.9. The van der Waals surface area contributed by atoms with Gasteiger partial charge in [0.05, 0.1) is 15.5 Å². The number of carbonyl (C=O) groups excluding carboxylic acids is 2. The van der Waals surface area contributed by atoms with Crippen molar-refractivity contribution in [2.75, 3.05) is 12.3 Å². The highest BCUT2D eigenvalue weighted by atomic mass is 35.5. The molecule has 0 bridgehead atoms. The molecule has 2 rings (SSSR count). The van der Waals surface area contributed by atoms with Crippen LogP contribution in [0.3, 0.4) is 0 Å². The smallest absolute Gasteiger partial charge is 0.338 e. The molecule has 7 nitrogen and oxygen atoms in total. The van der Waals surface area contributed by atoms with E-state index >= 15 is 0 Å². The van der Waals surface area contributed by atoms with E-state index < -0.39 is 29.0 Å². The number of hydrogen-bond acceptors (Lipinski definition) is 6. The van der Waals surface area contributed by atoms with Crippen LogP contribution in [-0.4, -0.2) is 23.3 Å². The van der Waals surface area contributed by atoms with Gasteiger partial charge in [0.25, 0.3) is 5.69 Å². The van der Waals surface area contributed by atoms with E-state index in [4.69, 9.17) is 33.7 Å². The summed E-state index contributed by atoms with van der Waals surface area (Å²) >= 11 is 11.6. The molecule has 0 aliphatic carbocycles. The summed E-state index contributed by atoms with van der Waals surface area (Å²) in [5, 5.41) is 11.3. The van der Waals surface area contributed by atoms with Crippen molar-refractivity contribution in [3.63, 3.8) is 0 Å². The number of nitro benzene ring substituents is 1. The molecule has 2 aromatic rings. The van der Waals surface area contributed by atoms with Gasteiger partial charge >= 0.3 is 5.97 Å². The minimum absolute atomic E-state index is 0.0828. The molecule has 0 aromatic heterocycles. The standard InChI is InChI=1S/C15H10Cl2N2O5/c16-9-2-3-10(11(17)6-9)14(20)7-24-15(21)8-1-4-12(18)13(5-8)19(22)23/h1-6H,7,18H2. The van der Waals surface area contributed by atoms with Crippen molar-refractivity contribution < 1.29 is 19.2 Å². The first kappa shape index (κ1) is 17.7. The number of hydrogen-bond donors (Lipinski definition) is 1. The van der Waals surface area contributed by atoms with Crippen molar-refractivity contribution in [2.24, 2.45) is 0 Å². The number of nitrogens with two attached hydrogens (primary N) is 1. The van der Waals surface area contributed by atoms with E-state index in [1.165, 1.54) is 30.3 Å². The summed E-state index contributed by atoms with van der Waals surface area (Å²) in [6, 6.07) is 7.75. The van der Waals surface area contributed by atoms with Gasteiger partial charge in [-0.3, -0.25) is 14.9 Å². The molecule has 0 amide bonds. The lowest BCUT2D eigenvalue weighted by Gasteiger charge is -2.06. The number of rotatable bonds is 5. The molecule has 24 heavy (non-hydrogen) atoms. The number of nitrogens with zero attached hydrogens (tertiary/aromatic N) is 1. The minimum Gasteiger partial charge on any atom is -0.454 e. The summed E-state index contributed by atoms with van der Waals surface area (Å²) in [5.74, 6) is -1.42. The van der Waals surface area contributed by atoms with Crippen LogP contribution < -0.4 is 5.73 Å². The molecule has 0 saturated carbocycles. The Morgan fingerprint density at radius 2 is 1.88 bits per heavy atom. The number of halogens is 2. The van der Waals surface area contributed by atoms with Gasteiger partial charge in [-0.05, 0) is 30.3 Å². The zero-order valence-electron chi connectivity index (χ0n) is 12.0. The lowest BCUT2D eigenvalue weighted by Crippen LogP contribution is -2.15. The highest BCUT2D eigenvalue weighted by Crippen LogP contribution is 2.23. The van der Waals surface area contributed by atoms with Crippen LogP contribution in [0.1, 0.15) is 20.7 Å². The third kappa shape index (κ3) is 4.01. The summed E-state index contributed by atoms with van der Waals surface area (Å²) in [6.07, 6.45) is 0. The van der Waals surface area contributed by atoms with Gasteiger partial charge in [-0.2, -0.15) is 0 Å². The van der Waals surface area contributed by atoms with Gasteiger partial charge in [-0.1, -0.05) is 23.2 Å². The molecule has 0 fully saturated rings. The Balaban J connectivity index is 2.09. The maximum atomic E-state index is 12.0. The van der Waals surface area contributed by atoms with Crippen LogP contribution in [-0.2, 0) is 4.74 Å². The average Bonchev–Trinajstić information content (AvgIpc) is 2.52. The second kappa shape index (κ2) is 7.29. The van der Waals surface area contributed by atoms with Gasteiger partial charge in [-0.25, -0.2) is 4.79 Å². The van der Waals surface area contributed by atoms with Crippen molar-refractivity contribution in [1.29, 1.82) is 0 Å². The van der Waals surface area contributed by atoms with E-state index in [0.717, 1.165) is 6.07 Å². The Labute approximate surface area is 146 Å². The number of nitrogen functional groups attached to an aromatic ring is 1. The average molecular weight is 369 g/mol. The molecule has 0 spiro atoms. The summed E-state index contributed by atoms with van der Waals surface area (Å²) < 4.78 is 4.86.